The zero-order valence-corrected chi connectivity index (χ0v) is 8.53. The van der Waals surface area contributed by atoms with Crippen molar-refractivity contribution in [1.29, 1.82) is 0 Å². The Morgan fingerprint density at radius 1 is 1.60 bits per heavy atom. The van der Waals surface area contributed by atoms with Crippen LogP contribution in [0.25, 0.3) is 0 Å². The largest absolute Gasteiger partial charge is 0.469 e. The summed E-state index contributed by atoms with van der Waals surface area (Å²) < 4.78 is 5.12. The summed E-state index contributed by atoms with van der Waals surface area (Å²) in [6.45, 7) is 1.87. The first kappa shape index (κ1) is 11.3. The number of carbonyl (C=O) groups is 2. The molecule has 1 rings (SSSR count). The third kappa shape index (κ3) is 3.46. The van der Waals surface area contributed by atoms with Crippen molar-refractivity contribution in [2.45, 2.75) is 19.8 Å². The molecule has 3 amide bonds. The zero-order chi connectivity index (χ0) is 11.3. The molecule has 1 aromatic rings. The van der Waals surface area contributed by atoms with E-state index in [4.69, 9.17) is 10.2 Å². The molecule has 15 heavy (non-hydrogen) atoms. The van der Waals surface area contributed by atoms with Crippen LogP contribution in [-0.4, -0.2) is 11.9 Å². The third-order valence-corrected chi connectivity index (χ3v) is 2.14. The van der Waals surface area contributed by atoms with Crippen LogP contribution < -0.4 is 11.1 Å². The number of hydrogen-bond donors (Lipinski definition) is 2. The van der Waals surface area contributed by atoms with E-state index in [2.05, 4.69) is 5.32 Å². The Bertz CT molecular complexity index is 332. The molecule has 0 saturated heterocycles. The molecule has 1 aromatic heterocycles. The first-order valence-electron chi connectivity index (χ1n) is 4.76. The minimum Gasteiger partial charge on any atom is -0.469 e. The Labute approximate surface area is 87.6 Å². The van der Waals surface area contributed by atoms with Gasteiger partial charge in [0.1, 0.15) is 5.76 Å². The Balaban J connectivity index is 2.56. The van der Waals surface area contributed by atoms with Crippen LogP contribution in [-0.2, 0) is 11.2 Å². The van der Waals surface area contributed by atoms with E-state index in [1.807, 2.05) is 6.92 Å². The molecular formula is C10H14N2O3. The fraction of sp³-hybridized carbons (Fsp3) is 0.400. The molecule has 1 atom stereocenters. The molecule has 0 aliphatic carbocycles. The number of nitrogens with one attached hydrogen (secondary N) is 1. The van der Waals surface area contributed by atoms with Gasteiger partial charge in [0.05, 0.1) is 6.26 Å². The lowest BCUT2D eigenvalue weighted by atomic mass is 10.00. The van der Waals surface area contributed by atoms with Gasteiger partial charge in [-0.2, -0.15) is 0 Å². The van der Waals surface area contributed by atoms with Gasteiger partial charge >= 0.3 is 6.03 Å². The number of rotatable bonds is 4. The molecule has 0 fully saturated rings. The van der Waals surface area contributed by atoms with E-state index in [0.717, 1.165) is 5.76 Å². The summed E-state index contributed by atoms with van der Waals surface area (Å²) >= 11 is 0. The second-order valence-electron chi connectivity index (χ2n) is 3.24. The number of nitrogens with two attached hydrogens (primary N) is 1. The van der Waals surface area contributed by atoms with Crippen molar-refractivity contribution in [3.05, 3.63) is 24.2 Å². The highest BCUT2D eigenvalue weighted by molar-refractivity contribution is 5.94. The van der Waals surface area contributed by atoms with E-state index < -0.39 is 6.03 Å². The molecule has 1 heterocycles. The second kappa shape index (κ2) is 5.19. The highest BCUT2D eigenvalue weighted by atomic mass is 16.3. The summed E-state index contributed by atoms with van der Waals surface area (Å²) in [5, 5.41) is 2.06. The van der Waals surface area contributed by atoms with Crippen LogP contribution in [0.2, 0.25) is 0 Å². The molecule has 0 unspecified atom stereocenters. The number of primary amides is 1. The highest BCUT2D eigenvalue weighted by Gasteiger charge is 2.19. The van der Waals surface area contributed by atoms with Gasteiger partial charge in [0.25, 0.3) is 0 Å². The molecule has 0 aliphatic heterocycles. The van der Waals surface area contributed by atoms with Gasteiger partial charge < -0.3 is 10.2 Å². The summed E-state index contributed by atoms with van der Waals surface area (Å²) in [7, 11) is 0. The van der Waals surface area contributed by atoms with Crippen LogP contribution in [0, 0.1) is 5.92 Å². The molecular weight excluding hydrogens is 196 g/mol. The molecule has 5 heteroatoms. The van der Waals surface area contributed by atoms with E-state index in [-0.39, 0.29) is 11.8 Å². The third-order valence-electron chi connectivity index (χ3n) is 2.14. The maximum Gasteiger partial charge on any atom is 0.318 e. The fourth-order valence-electron chi connectivity index (χ4n) is 1.32. The van der Waals surface area contributed by atoms with Crippen LogP contribution >= 0.6 is 0 Å². The van der Waals surface area contributed by atoms with E-state index in [0.29, 0.717) is 12.8 Å². The van der Waals surface area contributed by atoms with Crippen molar-refractivity contribution in [3.8, 4) is 0 Å². The van der Waals surface area contributed by atoms with Crippen LogP contribution in [0.3, 0.4) is 0 Å². The molecule has 0 bridgehead atoms. The first-order valence-corrected chi connectivity index (χ1v) is 4.76. The van der Waals surface area contributed by atoms with Crippen LogP contribution in [0.5, 0.6) is 0 Å². The van der Waals surface area contributed by atoms with Crippen molar-refractivity contribution in [1.82, 2.24) is 5.32 Å². The number of carbonyl (C=O) groups excluding carboxylic acids is 2. The van der Waals surface area contributed by atoms with E-state index in [1.54, 1.807) is 18.4 Å². The molecule has 0 saturated carbocycles. The Kier molecular flexibility index (Phi) is 3.91. The highest BCUT2D eigenvalue weighted by Crippen LogP contribution is 2.12. The van der Waals surface area contributed by atoms with E-state index >= 15 is 0 Å². The summed E-state index contributed by atoms with van der Waals surface area (Å²) in [5.74, 6) is 0.0755. The maximum atomic E-state index is 11.5. The van der Waals surface area contributed by atoms with Gasteiger partial charge in [-0.3, -0.25) is 10.1 Å². The average molecular weight is 210 g/mol. The lowest BCUT2D eigenvalue weighted by Crippen LogP contribution is -2.39. The Hall–Kier alpha value is -1.78. The monoisotopic (exact) mass is 210 g/mol. The fourth-order valence-corrected chi connectivity index (χ4v) is 1.32. The summed E-state index contributed by atoms with van der Waals surface area (Å²) in [6.07, 6.45) is 2.65. The van der Waals surface area contributed by atoms with Crippen molar-refractivity contribution >= 4 is 11.9 Å². The zero-order valence-electron chi connectivity index (χ0n) is 8.53. The van der Waals surface area contributed by atoms with Gasteiger partial charge in [0.15, 0.2) is 0 Å². The summed E-state index contributed by atoms with van der Waals surface area (Å²) in [5.41, 5.74) is 4.86. The minimum atomic E-state index is -0.821. The number of imide groups is 1. The summed E-state index contributed by atoms with van der Waals surface area (Å²) in [6, 6.07) is 2.73. The second-order valence-corrected chi connectivity index (χ2v) is 3.24. The van der Waals surface area contributed by atoms with Crippen LogP contribution in [0.1, 0.15) is 19.1 Å². The Morgan fingerprint density at radius 2 is 2.33 bits per heavy atom. The van der Waals surface area contributed by atoms with Crippen LogP contribution in [0.15, 0.2) is 22.8 Å². The molecule has 0 aromatic carbocycles. The minimum absolute atomic E-state index is 0.288. The smallest absolute Gasteiger partial charge is 0.318 e. The number of urea groups is 1. The molecule has 82 valence electrons. The van der Waals surface area contributed by atoms with Gasteiger partial charge in [-0.15, -0.1) is 0 Å². The number of furan rings is 1. The maximum absolute atomic E-state index is 11.5. The van der Waals surface area contributed by atoms with Crippen molar-refractivity contribution in [2.75, 3.05) is 0 Å². The van der Waals surface area contributed by atoms with Gasteiger partial charge in [-0.1, -0.05) is 6.92 Å². The van der Waals surface area contributed by atoms with Gasteiger partial charge in [-0.25, -0.2) is 4.79 Å². The molecule has 0 spiro atoms. The number of hydrogen-bond acceptors (Lipinski definition) is 3. The SMILES string of the molecule is CC[C@H](Cc1ccco1)C(=O)NC(N)=O. The average Bonchev–Trinajstić information content (AvgIpc) is 2.65. The van der Waals surface area contributed by atoms with Gasteiger partial charge in [0.2, 0.25) is 5.91 Å². The topological polar surface area (TPSA) is 85.3 Å². The predicted octanol–water partition coefficient (Wildman–Crippen LogP) is 1.04. The van der Waals surface area contributed by atoms with Gasteiger partial charge in [0, 0.05) is 12.3 Å². The normalized spacial score (nSPS) is 12.1. The van der Waals surface area contributed by atoms with E-state index in [9.17, 15) is 9.59 Å². The van der Waals surface area contributed by atoms with E-state index in [1.165, 1.54) is 0 Å². The molecule has 0 aliphatic rings. The molecule has 0 radical (unpaired) electrons. The van der Waals surface area contributed by atoms with Crippen LogP contribution in [0.4, 0.5) is 4.79 Å². The quantitative estimate of drug-likeness (QED) is 0.778. The molecule has 5 nitrogen and oxygen atoms in total. The lowest BCUT2D eigenvalue weighted by Gasteiger charge is -2.11. The van der Waals surface area contributed by atoms with Gasteiger partial charge in [-0.05, 0) is 18.6 Å². The number of amides is 3. The summed E-state index contributed by atoms with van der Waals surface area (Å²) in [4.78, 5) is 22.0. The molecule has 3 N–H and O–H groups in total. The predicted molar refractivity (Wildman–Crippen MR) is 53.9 cm³/mol. The van der Waals surface area contributed by atoms with Crippen molar-refractivity contribution in [2.24, 2.45) is 11.7 Å². The van der Waals surface area contributed by atoms with Crippen molar-refractivity contribution in [3.63, 3.8) is 0 Å². The lowest BCUT2D eigenvalue weighted by molar-refractivity contribution is -0.124. The standard InChI is InChI=1S/C10H14N2O3/c1-2-7(9(13)12-10(11)14)6-8-4-3-5-15-8/h3-5,7H,2,6H2,1H3,(H3,11,12,13,14)/t7-/m1/s1. The van der Waals surface area contributed by atoms with Crippen molar-refractivity contribution < 1.29 is 14.0 Å². The Morgan fingerprint density at radius 3 is 2.80 bits per heavy atom. The first-order chi connectivity index (χ1) is 7.13.